The molecule has 0 saturated heterocycles. The highest BCUT2D eigenvalue weighted by molar-refractivity contribution is 6.30. The summed E-state index contributed by atoms with van der Waals surface area (Å²) in [5.74, 6) is -0.0567. The lowest BCUT2D eigenvalue weighted by molar-refractivity contribution is -0.118. The fraction of sp³-hybridized carbons (Fsp3) is 0.278. The first kappa shape index (κ1) is 18.9. The predicted molar refractivity (Wildman–Crippen MR) is 97.0 cm³/mol. The van der Waals surface area contributed by atoms with Crippen molar-refractivity contribution in [3.63, 3.8) is 0 Å². The van der Waals surface area contributed by atoms with Crippen LogP contribution < -0.4 is 4.90 Å². The maximum atomic E-state index is 12.3. The van der Waals surface area contributed by atoms with Gasteiger partial charge in [0.2, 0.25) is 0 Å². The average Bonchev–Trinajstić information content (AvgIpc) is 2.86. The number of nitrogens with zero attached hydrogens (tertiary/aromatic N) is 3. The molecule has 0 spiro atoms. The molecule has 2 aromatic rings. The average molecular weight is 362 g/mol. The Balaban J connectivity index is 0.00000109. The van der Waals surface area contributed by atoms with Crippen molar-refractivity contribution in [2.45, 2.75) is 27.0 Å². The molecule has 2 heterocycles. The summed E-state index contributed by atoms with van der Waals surface area (Å²) < 4.78 is 5.03. The van der Waals surface area contributed by atoms with Crippen LogP contribution in [0.3, 0.4) is 0 Å². The van der Waals surface area contributed by atoms with Crippen molar-refractivity contribution < 1.29 is 14.6 Å². The molecule has 0 aliphatic carbocycles. The van der Waals surface area contributed by atoms with E-state index in [0.29, 0.717) is 16.3 Å². The van der Waals surface area contributed by atoms with Crippen LogP contribution in [0.25, 0.3) is 11.3 Å². The van der Waals surface area contributed by atoms with Crippen molar-refractivity contribution in [1.29, 1.82) is 0 Å². The molecule has 25 heavy (non-hydrogen) atoms. The van der Waals surface area contributed by atoms with Gasteiger partial charge in [0.05, 0.1) is 25.2 Å². The van der Waals surface area contributed by atoms with E-state index in [1.54, 1.807) is 25.3 Å². The van der Waals surface area contributed by atoms with E-state index in [4.69, 9.17) is 16.3 Å². The molecule has 1 aromatic heterocycles. The molecular formula is C18H20ClN3O3. The molecule has 3 rings (SSSR count). The maximum Gasteiger partial charge on any atom is 0.297 e. The van der Waals surface area contributed by atoms with Gasteiger partial charge in [-0.2, -0.15) is 0 Å². The number of benzene rings is 1. The molecule has 1 atom stereocenters. The molecular weight excluding hydrogens is 342 g/mol. The monoisotopic (exact) mass is 361 g/mol. The number of rotatable bonds is 3. The van der Waals surface area contributed by atoms with E-state index in [0.717, 1.165) is 10.5 Å². The molecule has 1 aliphatic rings. The van der Waals surface area contributed by atoms with E-state index in [2.05, 4.69) is 9.97 Å². The van der Waals surface area contributed by atoms with Gasteiger partial charge in [0, 0.05) is 16.2 Å². The van der Waals surface area contributed by atoms with Crippen molar-refractivity contribution >= 4 is 23.3 Å². The SMILES string of the molecule is CC.COC1=C(C)C(O)N(c2cnc(-c3ccc(Cl)cc3)cn2)C1=O. The third-order valence-corrected chi connectivity index (χ3v) is 3.88. The van der Waals surface area contributed by atoms with Crippen LogP contribution in [-0.4, -0.2) is 34.3 Å². The van der Waals surface area contributed by atoms with Crippen LogP contribution >= 0.6 is 11.6 Å². The number of ether oxygens (including phenoxy) is 1. The lowest BCUT2D eigenvalue weighted by Gasteiger charge is -2.20. The van der Waals surface area contributed by atoms with Crippen molar-refractivity contribution in [2.24, 2.45) is 0 Å². The smallest absolute Gasteiger partial charge is 0.297 e. The number of aliphatic hydroxyl groups is 1. The number of aliphatic hydroxyl groups excluding tert-OH is 1. The standard InChI is InChI=1S/C16H14ClN3O3.C2H6/c1-9-14(23-2)16(22)20(15(9)21)13-8-18-12(7-19-13)10-3-5-11(17)6-4-10;1-2/h3-8,15,21H,1-2H3;1-2H3. The van der Waals surface area contributed by atoms with Gasteiger partial charge in [0.25, 0.3) is 5.91 Å². The second kappa shape index (κ2) is 8.09. The Morgan fingerprint density at radius 1 is 1.16 bits per heavy atom. The number of carbonyl (C=O) groups is 1. The fourth-order valence-electron chi connectivity index (χ4n) is 2.39. The van der Waals surface area contributed by atoms with E-state index < -0.39 is 12.1 Å². The predicted octanol–water partition coefficient (Wildman–Crippen LogP) is 3.41. The summed E-state index contributed by atoms with van der Waals surface area (Å²) in [4.78, 5) is 21.9. The minimum absolute atomic E-state index is 0.126. The Kier molecular flexibility index (Phi) is 6.12. The number of halogens is 1. The van der Waals surface area contributed by atoms with Crippen molar-refractivity contribution in [3.05, 3.63) is 53.0 Å². The van der Waals surface area contributed by atoms with Gasteiger partial charge < -0.3 is 9.84 Å². The first-order valence-electron chi connectivity index (χ1n) is 7.87. The lowest BCUT2D eigenvalue weighted by atomic mass is 10.2. The number of hydrogen-bond donors (Lipinski definition) is 1. The Bertz CT molecular complexity index is 773. The first-order valence-corrected chi connectivity index (χ1v) is 8.25. The molecule has 1 unspecified atom stereocenters. The zero-order valence-electron chi connectivity index (χ0n) is 14.5. The van der Waals surface area contributed by atoms with Gasteiger partial charge in [-0.05, 0) is 19.1 Å². The van der Waals surface area contributed by atoms with Crippen molar-refractivity contribution in [3.8, 4) is 11.3 Å². The zero-order chi connectivity index (χ0) is 18.6. The van der Waals surface area contributed by atoms with E-state index in [9.17, 15) is 9.90 Å². The van der Waals surface area contributed by atoms with Crippen LogP contribution in [0.5, 0.6) is 0 Å². The minimum atomic E-state index is -1.10. The highest BCUT2D eigenvalue weighted by Crippen LogP contribution is 2.29. The van der Waals surface area contributed by atoms with E-state index in [1.165, 1.54) is 13.3 Å². The second-order valence-corrected chi connectivity index (χ2v) is 5.47. The summed E-state index contributed by atoms with van der Waals surface area (Å²) in [6.07, 6.45) is 1.88. The largest absolute Gasteiger partial charge is 0.491 e. The fourth-order valence-corrected chi connectivity index (χ4v) is 2.52. The molecule has 0 bridgehead atoms. The Hall–Kier alpha value is -2.44. The number of aromatic nitrogens is 2. The molecule has 6 nitrogen and oxygen atoms in total. The van der Waals surface area contributed by atoms with E-state index in [1.807, 2.05) is 26.0 Å². The number of hydrogen-bond acceptors (Lipinski definition) is 5. The summed E-state index contributed by atoms with van der Waals surface area (Å²) >= 11 is 5.86. The number of methoxy groups -OCH3 is 1. The van der Waals surface area contributed by atoms with Gasteiger partial charge in [-0.3, -0.25) is 14.7 Å². The quantitative estimate of drug-likeness (QED) is 0.906. The van der Waals surface area contributed by atoms with Gasteiger partial charge in [0.15, 0.2) is 17.8 Å². The van der Waals surface area contributed by atoms with Crippen LogP contribution in [0, 0.1) is 0 Å². The van der Waals surface area contributed by atoms with Gasteiger partial charge in [-0.1, -0.05) is 37.6 Å². The van der Waals surface area contributed by atoms with Gasteiger partial charge in [-0.15, -0.1) is 0 Å². The zero-order valence-corrected chi connectivity index (χ0v) is 15.3. The molecule has 1 N–H and O–H groups in total. The molecule has 1 aromatic carbocycles. The summed E-state index contributed by atoms with van der Waals surface area (Å²) in [7, 11) is 1.39. The van der Waals surface area contributed by atoms with Crippen LogP contribution in [0.4, 0.5) is 5.82 Å². The Labute approximate surface area is 151 Å². The third kappa shape index (κ3) is 3.65. The molecule has 132 valence electrons. The lowest BCUT2D eigenvalue weighted by Crippen LogP contribution is -2.36. The molecule has 1 amide bonds. The van der Waals surface area contributed by atoms with Gasteiger partial charge in [-0.25, -0.2) is 4.98 Å². The molecule has 0 saturated carbocycles. The Morgan fingerprint density at radius 3 is 2.28 bits per heavy atom. The van der Waals surface area contributed by atoms with E-state index >= 15 is 0 Å². The van der Waals surface area contributed by atoms with Gasteiger partial charge >= 0.3 is 0 Å². The normalized spacial score (nSPS) is 16.6. The topological polar surface area (TPSA) is 75.6 Å². The Morgan fingerprint density at radius 2 is 1.80 bits per heavy atom. The maximum absolute atomic E-state index is 12.3. The molecule has 1 aliphatic heterocycles. The van der Waals surface area contributed by atoms with Crippen LogP contribution in [0.15, 0.2) is 48.0 Å². The minimum Gasteiger partial charge on any atom is -0.491 e. The van der Waals surface area contributed by atoms with Crippen molar-refractivity contribution in [2.75, 3.05) is 12.0 Å². The van der Waals surface area contributed by atoms with Crippen LogP contribution in [0.2, 0.25) is 5.02 Å². The summed E-state index contributed by atoms with van der Waals surface area (Å²) in [5, 5.41) is 10.8. The van der Waals surface area contributed by atoms with E-state index in [-0.39, 0.29) is 11.6 Å². The summed E-state index contributed by atoms with van der Waals surface area (Å²) in [6, 6.07) is 7.18. The number of amides is 1. The molecule has 0 fully saturated rings. The van der Waals surface area contributed by atoms with Gasteiger partial charge in [0.1, 0.15) is 0 Å². The molecule has 7 heteroatoms. The third-order valence-electron chi connectivity index (χ3n) is 3.63. The highest BCUT2D eigenvalue weighted by atomic mass is 35.5. The van der Waals surface area contributed by atoms with Crippen LogP contribution in [0.1, 0.15) is 20.8 Å². The van der Waals surface area contributed by atoms with Crippen molar-refractivity contribution in [1.82, 2.24) is 9.97 Å². The summed E-state index contributed by atoms with van der Waals surface area (Å²) in [5.41, 5.74) is 1.94. The second-order valence-electron chi connectivity index (χ2n) is 5.03. The number of carbonyl (C=O) groups excluding carboxylic acids is 1. The summed E-state index contributed by atoms with van der Waals surface area (Å²) in [6.45, 7) is 5.64. The van der Waals surface area contributed by atoms with Crippen LogP contribution in [-0.2, 0) is 9.53 Å². The first-order chi connectivity index (χ1) is 12.0. The number of anilines is 1. The molecule has 0 radical (unpaired) electrons. The highest BCUT2D eigenvalue weighted by Gasteiger charge is 2.38.